The number of methoxy groups -OCH3 is 1. The molecule has 2 nitrogen and oxygen atoms in total. The highest BCUT2D eigenvalue weighted by Gasteiger charge is 2.38. The van der Waals surface area contributed by atoms with Crippen molar-refractivity contribution in [3.8, 4) is 0 Å². The molecular formula is C10H19NO. The van der Waals surface area contributed by atoms with Gasteiger partial charge in [-0.1, -0.05) is 6.42 Å². The first-order valence-electron chi connectivity index (χ1n) is 5.12. The molecule has 0 aromatic rings. The van der Waals surface area contributed by atoms with E-state index in [4.69, 9.17) is 4.74 Å². The Morgan fingerprint density at radius 1 is 1.33 bits per heavy atom. The van der Waals surface area contributed by atoms with Crippen LogP contribution in [-0.4, -0.2) is 26.3 Å². The SMILES string of the molecule is COCCN[C@@H]1C[C@H]2CC[C@H]1C2. The van der Waals surface area contributed by atoms with Gasteiger partial charge in [0.1, 0.15) is 0 Å². The monoisotopic (exact) mass is 169 g/mol. The van der Waals surface area contributed by atoms with Crippen molar-refractivity contribution < 1.29 is 4.74 Å². The molecule has 0 heterocycles. The van der Waals surface area contributed by atoms with Crippen molar-refractivity contribution in [3.05, 3.63) is 0 Å². The summed E-state index contributed by atoms with van der Waals surface area (Å²) in [7, 11) is 1.77. The van der Waals surface area contributed by atoms with Gasteiger partial charge >= 0.3 is 0 Å². The van der Waals surface area contributed by atoms with Crippen LogP contribution < -0.4 is 5.32 Å². The van der Waals surface area contributed by atoms with Crippen LogP contribution in [0.15, 0.2) is 0 Å². The second-order valence-corrected chi connectivity index (χ2v) is 4.23. The van der Waals surface area contributed by atoms with E-state index in [1.807, 2.05) is 0 Å². The smallest absolute Gasteiger partial charge is 0.0587 e. The minimum Gasteiger partial charge on any atom is -0.383 e. The zero-order chi connectivity index (χ0) is 8.39. The van der Waals surface area contributed by atoms with Crippen molar-refractivity contribution in [1.82, 2.24) is 5.32 Å². The molecule has 2 heteroatoms. The van der Waals surface area contributed by atoms with Gasteiger partial charge in [0.2, 0.25) is 0 Å². The Morgan fingerprint density at radius 2 is 2.25 bits per heavy atom. The van der Waals surface area contributed by atoms with Gasteiger partial charge in [-0.2, -0.15) is 0 Å². The summed E-state index contributed by atoms with van der Waals surface area (Å²) in [5.74, 6) is 2.04. The molecule has 0 aromatic heterocycles. The van der Waals surface area contributed by atoms with E-state index in [1.165, 1.54) is 25.7 Å². The first-order chi connectivity index (χ1) is 5.90. The summed E-state index contributed by atoms with van der Waals surface area (Å²) in [4.78, 5) is 0. The maximum atomic E-state index is 5.02. The number of nitrogens with one attached hydrogen (secondary N) is 1. The molecule has 0 amide bonds. The third-order valence-corrected chi connectivity index (χ3v) is 3.45. The molecule has 1 N–H and O–H groups in total. The number of hydrogen-bond acceptors (Lipinski definition) is 2. The van der Waals surface area contributed by atoms with E-state index in [-0.39, 0.29) is 0 Å². The molecule has 2 aliphatic carbocycles. The summed E-state index contributed by atoms with van der Waals surface area (Å²) in [5.41, 5.74) is 0. The lowest BCUT2D eigenvalue weighted by Gasteiger charge is -2.22. The third-order valence-electron chi connectivity index (χ3n) is 3.45. The standard InChI is InChI=1S/C10H19NO/c1-12-5-4-11-10-7-8-2-3-9(10)6-8/h8-11H,2-7H2,1H3/t8-,9-,10+/m0/s1. The lowest BCUT2D eigenvalue weighted by Crippen LogP contribution is -2.35. The molecule has 12 heavy (non-hydrogen) atoms. The first kappa shape index (κ1) is 8.52. The number of rotatable bonds is 4. The van der Waals surface area contributed by atoms with Crippen LogP contribution in [0.3, 0.4) is 0 Å². The fourth-order valence-corrected chi connectivity index (χ4v) is 2.84. The maximum absolute atomic E-state index is 5.02. The fraction of sp³-hybridized carbons (Fsp3) is 1.00. The van der Waals surface area contributed by atoms with E-state index in [2.05, 4.69) is 5.32 Å². The Morgan fingerprint density at radius 3 is 2.83 bits per heavy atom. The Labute approximate surface area is 74.7 Å². The van der Waals surface area contributed by atoms with Gasteiger partial charge in [-0.15, -0.1) is 0 Å². The van der Waals surface area contributed by atoms with Crippen molar-refractivity contribution in [2.75, 3.05) is 20.3 Å². The van der Waals surface area contributed by atoms with E-state index in [0.29, 0.717) is 0 Å². The molecule has 70 valence electrons. The fourth-order valence-electron chi connectivity index (χ4n) is 2.84. The molecule has 0 radical (unpaired) electrons. The molecule has 2 fully saturated rings. The molecular weight excluding hydrogens is 150 g/mol. The van der Waals surface area contributed by atoms with Gasteiger partial charge in [-0.3, -0.25) is 0 Å². The molecule has 0 unspecified atom stereocenters. The topological polar surface area (TPSA) is 21.3 Å². The molecule has 0 aromatic carbocycles. The average Bonchev–Trinajstić information content (AvgIpc) is 2.65. The Kier molecular flexibility index (Phi) is 2.66. The molecule has 0 spiro atoms. The van der Waals surface area contributed by atoms with Gasteiger partial charge in [-0.05, 0) is 31.1 Å². The molecule has 2 saturated carbocycles. The minimum absolute atomic E-state index is 0.818. The van der Waals surface area contributed by atoms with E-state index >= 15 is 0 Å². The zero-order valence-electron chi connectivity index (χ0n) is 7.88. The first-order valence-corrected chi connectivity index (χ1v) is 5.12. The van der Waals surface area contributed by atoms with Gasteiger partial charge in [0.05, 0.1) is 6.61 Å². The zero-order valence-corrected chi connectivity index (χ0v) is 7.88. The predicted molar refractivity (Wildman–Crippen MR) is 49.1 cm³/mol. The van der Waals surface area contributed by atoms with Gasteiger partial charge in [0.25, 0.3) is 0 Å². The van der Waals surface area contributed by atoms with Crippen LogP contribution in [0.1, 0.15) is 25.7 Å². The summed E-state index contributed by atoms with van der Waals surface area (Å²) in [6.07, 6.45) is 5.88. The van der Waals surface area contributed by atoms with Crippen LogP contribution >= 0.6 is 0 Å². The number of fused-ring (bicyclic) bond motifs is 2. The third kappa shape index (κ3) is 1.64. The lowest BCUT2D eigenvalue weighted by atomic mass is 9.95. The molecule has 3 atom stereocenters. The van der Waals surface area contributed by atoms with Crippen molar-refractivity contribution in [2.45, 2.75) is 31.7 Å². The van der Waals surface area contributed by atoms with Crippen LogP contribution in [0, 0.1) is 11.8 Å². The van der Waals surface area contributed by atoms with Gasteiger partial charge < -0.3 is 10.1 Å². The Balaban J connectivity index is 1.69. The summed E-state index contributed by atoms with van der Waals surface area (Å²) in [6.45, 7) is 1.89. The molecule has 2 rings (SSSR count). The van der Waals surface area contributed by atoms with Crippen molar-refractivity contribution in [2.24, 2.45) is 11.8 Å². The Hall–Kier alpha value is -0.0800. The molecule has 2 aliphatic rings. The summed E-state index contributed by atoms with van der Waals surface area (Å²) < 4.78 is 5.02. The van der Waals surface area contributed by atoms with E-state index in [9.17, 15) is 0 Å². The summed E-state index contributed by atoms with van der Waals surface area (Å²) >= 11 is 0. The van der Waals surface area contributed by atoms with Crippen LogP contribution in [0.25, 0.3) is 0 Å². The van der Waals surface area contributed by atoms with Crippen molar-refractivity contribution >= 4 is 0 Å². The minimum atomic E-state index is 0.818. The Bertz CT molecular complexity index is 149. The summed E-state index contributed by atoms with van der Waals surface area (Å²) in [6, 6.07) is 0.818. The quantitative estimate of drug-likeness (QED) is 0.642. The normalized spacial score (nSPS) is 39.2. The van der Waals surface area contributed by atoms with Crippen molar-refractivity contribution in [3.63, 3.8) is 0 Å². The largest absolute Gasteiger partial charge is 0.383 e. The highest BCUT2D eigenvalue weighted by molar-refractivity contribution is 4.93. The van der Waals surface area contributed by atoms with E-state index < -0.39 is 0 Å². The molecule has 0 saturated heterocycles. The molecule has 2 bridgehead atoms. The van der Waals surface area contributed by atoms with Crippen LogP contribution in [0.2, 0.25) is 0 Å². The lowest BCUT2D eigenvalue weighted by molar-refractivity contribution is 0.190. The predicted octanol–water partition coefficient (Wildman–Crippen LogP) is 1.41. The second-order valence-electron chi connectivity index (χ2n) is 4.23. The number of hydrogen-bond donors (Lipinski definition) is 1. The van der Waals surface area contributed by atoms with Crippen molar-refractivity contribution in [1.29, 1.82) is 0 Å². The van der Waals surface area contributed by atoms with Gasteiger partial charge in [0, 0.05) is 19.7 Å². The number of ether oxygens (including phenoxy) is 1. The van der Waals surface area contributed by atoms with Gasteiger partial charge in [-0.25, -0.2) is 0 Å². The second kappa shape index (κ2) is 3.75. The maximum Gasteiger partial charge on any atom is 0.0587 e. The molecule has 0 aliphatic heterocycles. The summed E-state index contributed by atoms with van der Waals surface area (Å²) in [5, 5.41) is 3.59. The van der Waals surface area contributed by atoms with E-state index in [0.717, 1.165) is 31.0 Å². The average molecular weight is 169 g/mol. The highest BCUT2D eigenvalue weighted by atomic mass is 16.5. The van der Waals surface area contributed by atoms with Crippen LogP contribution in [0.4, 0.5) is 0 Å². The van der Waals surface area contributed by atoms with Gasteiger partial charge in [0.15, 0.2) is 0 Å². The van der Waals surface area contributed by atoms with Crippen LogP contribution in [0.5, 0.6) is 0 Å². The van der Waals surface area contributed by atoms with Crippen LogP contribution in [-0.2, 0) is 4.74 Å². The highest BCUT2D eigenvalue weighted by Crippen LogP contribution is 2.44. The van der Waals surface area contributed by atoms with E-state index in [1.54, 1.807) is 7.11 Å².